The van der Waals surface area contributed by atoms with Crippen molar-refractivity contribution in [2.45, 2.75) is 32.7 Å². The summed E-state index contributed by atoms with van der Waals surface area (Å²) in [7, 11) is 0. The highest BCUT2D eigenvalue weighted by atomic mass is 14.9. The van der Waals surface area contributed by atoms with Crippen LogP contribution < -0.4 is 5.32 Å². The van der Waals surface area contributed by atoms with Crippen LogP contribution in [0.4, 0.5) is 5.69 Å². The molecule has 1 aromatic carbocycles. The zero-order valence-corrected chi connectivity index (χ0v) is 11.1. The smallest absolute Gasteiger partial charge is 0.0558 e. The molecule has 0 amide bonds. The van der Waals surface area contributed by atoms with Crippen LogP contribution in [-0.4, -0.2) is 11.0 Å². The molecule has 0 spiro atoms. The number of benzene rings is 1. The summed E-state index contributed by atoms with van der Waals surface area (Å²) in [6.07, 6.45) is 5.95. The maximum absolute atomic E-state index is 4.15. The third kappa shape index (κ3) is 3.59. The lowest BCUT2D eigenvalue weighted by atomic mass is 10.1. The normalized spacial score (nSPS) is 12.1. The second-order valence-corrected chi connectivity index (χ2v) is 4.76. The Bertz CT molecular complexity index is 479. The summed E-state index contributed by atoms with van der Waals surface area (Å²) < 4.78 is 0. The van der Waals surface area contributed by atoms with Crippen molar-refractivity contribution in [2.75, 3.05) is 5.32 Å². The van der Waals surface area contributed by atoms with E-state index in [4.69, 9.17) is 0 Å². The van der Waals surface area contributed by atoms with E-state index < -0.39 is 0 Å². The van der Waals surface area contributed by atoms with Gasteiger partial charge in [-0.3, -0.25) is 4.98 Å². The summed E-state index contributed by atoms with van der Waals surface area (Å²) in [6, 6.07) is 13.1. The third-order valence-electron chi connectivity index (χ3n) is 3.15. The van der Waals surface area contributed by atoms with Gasteiger partial charge in [-0.2, -0.15) is 0 Å². The van der Waals surface area contributed by atoms with Crippen LogP contribution >= 0.6 is 0 Å². The lowest BCUT2D eigenvalue weighted by Gasteiger charge is -2.16. The Morgan fingerprint density at radius 1 is 1.17 bits per heavy atom. The first-order valence-corrected chi connectivity index (χ1v) is 6.47. The Balaban J connectivity index is 1.86. The molecule has 2 aromatic rings. The monoisotopic (exact) mass is 240 g/mol. The number of anilines is 1. The minimum absolute atomic E-state index is 0.452. The summed E-state index contributed by atoms with van der Waals surface area (Å²) in [5.41, 5.74) is 3.78. The lowest BCUT2D eigenvalue weighted by molar-refractivity contribution is 0.705. The quantitative estimate of drug-likeness (QED) is 0.859. The molecular weight excluding hydrogens is 220 g/mol. The maximum atomic E-state index is 4.15. The number of nitrogens with zero attached hydrogens (tertiary/aromatic N) is 1. The third-order valence-corrected chi connectivity index (χ3v) is 3.15. The Kier molecular flexibility index (Phi) is 4.35. The van der Waals surface area contributed by atoms with Gasteiger partial charge in [0.05, 0.1) is 11.9 Å². The summed E-state index contributed by atoms with van der Waals surface area (Å²) >= 11 is 0. The van der Waals surface area contributed by atoms with E-state index in [2.05, 4.69) is 54.5 Å². The molecule has 0 aliphatic rings. The first-order valence-electron chi connectivity index (χ1n) is 6.47. The van der Waals surface area contributed by atoms with Gasteiger partial charge in [0.1, 0.15) is 0 Å². The highest BCUT2D eigenvalue weighted by Crippen LogP contribution is 2.14. The number of aromatic nitrogens is 1. The number of nitrogens with one attached hydrogen (secondary N) is 1. The average Bonchev–Trinajstić information content (AvgIpc) is 2.40. The van der Waals surface area contributed by atoms with Gasteiger partial charge in [0, 0.05) is 12.2 Å². The minimum Gasteiger partial charge on any atom is -0.381 e. The molecule has 1 unspecified atom stereocenters. The molecule has 18 heavy (non-hydrogen) atoms. The van der Waals surface area contributed by atoms with Crippen molar-refractivity contribution < 1.29 is 0 Å². The Labute approximate surface area is 109 Å². The van der Waals surface area contributed by atoms with E-state index in [0.717, 1.165) is 18.5 Å². The van der Waals surface area contributed by atoms with Crippen LogP contribution in [0.3, 0.4) is 0 Å². The molecule has 0 aliphatic carbocycles. The van der Waals surface area contributed by atoms with Gasteiger partial charge >= 0.3 is 0 Å². The van der Waals surface area contributed by atoms with Crippen LogP contribution in [0.2, 0.25) is 0 Å². The number of pyridine rings is 1. The van der Waals surface area contributed by atoms with Crippen LogP contribution in [0, 0.1) is 6.92 Å². The van der Waals surface area contributed by atoms with Crippen LogP contribution in [0.1, 0.15) is 24.5 Å². The summed E-state index contributed by atoms with van der Waals surface area (Å²) in [5.74, 6) is 0. The predicted molar refractivity (Wildman–Crippen MR) is 76.8 cm³/mol. The molecule has 0 bridgehead atoms. The molecule has 94 valence electrons. The number of hydrogen-bond acceptors (Lipinski definition) is 2. The molecule has 2 heteroatoms. The molecule has 0 aliphatic heterocycles. The number of hydrogen-bond donors (Lipinski definition) is 1. The average molecular weight is 240 g/mol. The molecule has 0 saturated heterocycles. The molecule has 2 rings (SSSR count). The first kappa shape index (κ1) is 12.6. The van der Waals surface area contributed by atoms with E-state index in [-0.39, 0.29) is 0 Å². The molecule has 1 heterocycles. The fourth-order valence-corrected chi connectivity index (χ4v) is 1.98. The van der Waals surface area contributed by atoms with Crippen molar-refractivity contribution in [3.63, 3.8) is 0 Å². The SMILES string of the molecule is Cc1ccncc1NC(C)CCc1ccccc1. The van der Waals surface area contributed by atoms with Gasteiger partial charge in [-0.05, 0) is 43.9 Å². The molecule has 0 fully saturated rings. The molecule has 1 aromatic heterocycles. The standard InChI is InChI=1S/C16H20N2/c1-13-10-11-17-12-16(13)18-14(2)8-9-15-6-4-3-5-7-15/h3-7,10-12,14,18H,8-9H2,1-2H3. The van der Waals surface area contributed by atoms with Crippen molar-refractivity contribution >= 4 is 5.69 Å². The molecule has 0 radical (unpaired) electrons. The van der Waals surface area contributed by atoms with Crippen molar-refractivity contribution in [1.29, 1.82) is 0 Å². The number of aryl methyl sites for hydroxylation is 2. The van der Waals surface area contributed by atoms with Gasteiger partial charge in [0.25, 0.3) is 0 Å². The second-order valence-electron chi connectivity index (χ2n) is 4.76. The van der Waals surface area contributed by atoms with Gasteiger partial charge in [-0.25, -0.2) is 0 Å². The highest BCUT2D eigenvalue weighted by molar-refractivity contribution is 5.48. The molecule has 1 atom stereocenters. The Morgan fingerprint density at radius 2 is 1.94 bits per heavy atom. The van der Waals surface area contributed by atoms with Crippen LogP contribution in [0.5, 0.6) is 0 Å². The van der Waals surface area contributed by atoms with Crippen molar-refractivity contribution in [3.8, 4) is 0 Å². The van der Waals surface area contributed by atoms with Crippen molar-refractivity contribution in [3.05, 3.63) is 59.9 Å². The fraction of sp³-hybridized carbons (Fsp3) is 0.312. The zero-order valence-electron chi connectivity index (χ0n) is 11.1. The van der Waals surface area contributed by atoms with Gasteiger partial charge < -0.3 is 5.32 Å². The Morgan fingerprint density at radius 3 is 2.67 bits per heavy atom. The minimum atomic E-state index is 0.452. The van der Waals surface area contributed by atoms with Gasteiger partial charge in [-0.15, -0.1) is 0 Å². The second kappa shape index (κ2) is 6.20. The summed E-state index contributed by atoms with van der Waals surface area (Å²) in [5, 5.41) is 3.52. The summed E-state index contributed by atoms with van der Waals surface area (Å²) in [4.78, 5) is 4.15. The molecule has 1 N–H and O–H groups in total. The highest BCUT2D eigenvalue weighted by Gasteiger charge is 2.04. The van der Waals surface area contributed by atoms with Crippen LogP contribution in [0.15, 0.2) is 48.8 Å². The molecular formula is C16H20N2. The van der Waals surface area contributed by atoms with E-state index in [0.29, 0.717) is 6.04 Å². The van der Waals surface area contributed by atoms with E-state index in [1.807, 2.05) is 18.5 Å². The zero-order chi connectivity index (χ0) is 12.8. The van der Waals surface area contributed by atoms with E-state index in [9.17, 15) is 0 Å². The molecule has 0 saturated carbocycles. The van der Waals surface area contributed by atoms with Crippen LogP contribution in [0.25, 0.3) is 0 Å². The fourth-order valence-electron chi connectivity index (χ4n) is 1.98. The predicted octanol–water partition coefficient (Wildman–Crippen LogP) is 3.82. The van der Waals surface area contributed by atoms with Crippen molar-refractivity contribution in [2.24, 2.45) is 0 Å². The van der Waals surface area contributed by atoms with Crippen LogP contribution in [-0.2, 0) is 6.42 Å². The Hall–Kier alpha value is -1.83. The largest absolute Gasteiger partial charge is 0.381 e. The van der Waals surface area contributed by atoms with E-state index in [1.54, 1.807) is 0 Å². The number of rotatable bonds is 5. The molecule has 2 nitrogen and oxygen atoms in total. The van der Waals surface area contributed by atoms with E-state index in [1.165, 1.54) is 11.1 Å². The van der Waals surface area contributed by atoms with Gasteiger partial charge in [0.2, 0.25) is 0 Å². The topological polar surface area (TPSA) is 24.9 Å². The first-order chi connectivity index (χ1) is 8.75. The maximum Gasteiger partial charge on any atom is 0.0558 e. The lowest BCUT2D eigenvalue weighted by Crippen LogP contribution is -2.16. The van der Waals surface area contributed by atoms with E-state index >= 15 is 0 Å². The van der Waals surface area contributed by atoms with Crippen molar-refractivity contribution in [1.82, 2.24) is 4.98 Å². The van der Waals surface area contributed by atoms with Gasteiger partial charge in [0.15, 0.2) is 0 Å². The van der Waals surface area contributed by atoms with Gasteiger partial charge in [-0.1, -0.05) is 30.3 Å². The summed E-state index contributed by atoms with van der Waals surface area (Å²) in [6.45, 7) is 4.32.